The van der Waals surface area contributed by atoms with E-state index in [-0.39, 0.29) is 16.8 Å². The van der Waals surface area contributed by atoms with E-state index in [9.17, 15) is 14.9 Å². The number of rotatable bonds is 1. The second-order valence-electron chi connectivity index (χ2n) is 3.44. The molecule has 1 aromatic heterocycles. The Kier molecular flexibility index (Phi) is 2.37. The van der Waals surface area contributed by atoms with Gasteiger partial charge in [-0.2, -0.15) is 5.26 Å². The summed E-state index contributed by atoms with van der Waals surface area (Å²) in [5.41, 5.74) is -0.345. The predicted molar refractivity (Wildman–Crippen MR) is 58.6 cm³/mol. The Hall–Kier alpha value is -2.68. The van der Waals surface area contributed by atoms with Gasteiger partial charge in [0, 0.05) is 17.5 Å². The van der Waals surface area contributed by atoms with Crippen LogP contribution in [0.2, 0.25) is 0 Å². The molecule has 2 aromatic rings. The Balaban J connectivity index is 2.91. The number of fused-ring (bicyclic) bond motifs is 1. The maximum atomic E-state index is 11.4. The van der Waals surface area contributed by atoms with Crippen molar-refractivity contribution in [2.75, 3.05) is 0 Å². The number of non-ortho nitro benzene ring substituents is 1. The number of nitrogens with zero attached hydrogens (tertiary/aromatic N) is 2. The summed E-state index contributed by atoms with van der Waals surface area (Å²) in [6.45, 7) is 1.56. The lowest BCUT2D eigenvalue weighted by molar-refractivity contribution is -0.384. The number of nitro benzene ring substituents is 1. The Labute approximate surface area is 94.9 Å². The topological polar surface area (TPSA) is 97.1 Å². The Bertz CT molecular complexity index is 725. The van der Waals surface area contributed by atoms with Crippen LogP contribution < -0.4 is 5.63 Å². The van der Waals surface area contributed by atoms with E-state index in [0.29, 0.717) is 10.9 Å². The quantitative estimate of drug-likeness (QED) is 0.423. The Morgan fingerprint density at radius 2 is 2.18 bits per heavy atom. The highest BCUT2D eigenvalue weighted by Gasteiger charge is 2.14. The molecule has 0 bridgehead atoms. The third-order valence-corrected chi connectivity index (χ3v) is 2.47. The molecule has 6 heteroatoms. The molecule has 84 valence electrons. The summed E-state index contributed by atoms with van der Waals surface area (Å²) in [6, 6.07) is 5.61. The third kappa shape index (κ3) is 1.63. The molecule has 0 amide bonds. The van der Waals surface area contributed by atoms with Crippen LogP contribution in [0.4, 0.5) is 5.69 Å². The molecule has 0 atom stereocenters. The lowest BCUT2D eigenvalue weighted by atomic mass is 10.1. The van der Waals surface area contributed by atoms with Gasteiger partial charge in [0.1, 0.15) is 17.2 Å². The van der Waals surface area contributed by atoms with E-state index in [1.54, 1.807) is 13.0 Å². The molecular weight excluding hydrogens is 224 g/mol. The van der Waals surface area contributed by atoms with Crippen LogP contribution in [0, 0.1) is 28.4 Å². The Morgan fingerprint density at radius 3 is 2.76 bits per heavy atom. The average Bonchev–Trinajstić information content (AvgIpc) is 2.29. The monoisotopic (exact) mass is 230 g/mol. The smallest absolute Gasteiger partial charge is 0.354 e. The van der Waals surface area contributed by atoms with Gasteiger partial charge in [0.15, 0.2) is 0 Å². The van der Waals surface area contributed by atoms with Gasteiger partial charge in [-0.05, 0) is 18.6 Å². The van der Waals surface area contributed by atoms with Crippen molar-refractivity contribution in [3.63, 3.8) is 0 Å². The fourth-order valence-electron chi connectivity index (χ4n) is 1.58. The fraction of sp³-hybridized carbons (Fsp3) is 0.0909. The van der Waals surface area contributed by atoms with Gasteiger partial charge in [0.2, 0.25) is 0 Å². The average molecular weight is 230 g/mol. The van der Waals surface area contributed by atoms with E-state index >= 15 is 0 Å². The highest BCUT2D eigenvalue weighted by Crippen LogP contribution is 2.23. The highest BCUT2D eigenvalue weighted by molar-refractivity contribution is 5.84. The van der Waals surface area contributed by atoms with Crippen molar-refractivity contribution in [1.29, 1.82) is 5.26 Å². The van der Waals surface area contributed by atoms with Crippen LogP contribution in [0.25, 0.3) is 11.0 Å². The fourth-order valence-corrected chi connectivity index (χ4v) is 1.58. The van der Waals surface area contributed by atoms with Crippen LogP contribution >= 0.6 is 0 Å². The zero-order valence-electron chi connectivity index (χ0n) is 8.76. The molecule has 1 aromatic carbocycles. The first-order chi connectivity index (χ1) is 8.04. The zero-order valence-corrected chi connectivity index (χ0v) is 8.76. The van der Waals surface area contributed by atoms with Gasteiger partial charge >= 0.3 is 5.63 Å². The van der Waals surface area contributed by atoms with Crippen LogP contribution in [0.1, 0.15) is 11.1 Å². The minimum atomic E-state index is -0.730. The minimum absolute atomic E-state index is 0.113. The molecule has 6 nitrogen and oxygen atoms in total. The molecule has 0 radical (unpaired) electrons. The molecule has 0 saturated carbocycles. The largest absolute Gasteiger partial charge is 0.422 e. The van der Waals surface area contributed by atoms with Crippen LogP contribution in [0.3, 0.4) is 0 Å². The van der Waals surface area contributed by atoms with Gasteiger partial charge in [-0.1, -0.05) is 0 Å². The molecule has 1 heterocycles. The first kappa shape index (κ1) is 10.8. The molecule has 0 fully saturated rings. The third-order valence-electron chi connectivity index (χ3n) is 2.47. The molecule has 0 aliphatic heterocycles. The molecule has 0 unspecified atom stereocenters. The lowest BCUT2D eigenvalue weighted by Crippen LogP contribution is -2.06. The molecule has 0 N–H and O–H groups in total. The molecular formula is C11H6N2O4. The van der Waals surface area contributed by atoms with E-state index < -0.39 is 10.5 Å². The maximum absolute atomic E-state index is 11.4. The predicted octanol–water partition coefficient (Wildman–Crippen LogP) is 1.88. The van der Waals surface area contributed by atoms with Crippen LogP contribution in [-0.4, -0.2) is 4.92 Å². The van der Waals surface area contributed by atoms with Crippen LogP contribution in [0.5, 0.6) is 0 Å². The SMILES string of the molecule is Cc1c(C#N)c(=O)oc2ccc([N+](=O)[O-])cc12. The lowest BCUT2D eigenvalue weighted by Gasteiger charge is -2.01. The van der Waals surface area contributed by atoms with E-state index in [0.717, 1.165) is 0 Å². The second-order valence-corrected chi connectivity index (χ2v) is 3.44. The number of aryl methyl sites for hydroxylation is 1. The van der Waals surface area contributed by atoms with E-state index in [2.05, 4.69) is 0 Å². The number of nitro groups is 1. The number of nitriles is 1. The molecule has 17 heavy (non-hydrogen) atoms. The number of benzene rings is 1. The number of hydrogen-bond donors (Lipinski definition) is 0. The summed E-state index contributed by atoms with van der Waals surface area (Å²) in [4.78, 5) is 21.5. The standard InChI is InChI=1S/C11H6N2O4/c1-6-8-4-7(13(15)16)2-3-10(8)17-11(14)9(6)5-12/h2-4H,1H3. The second kappa shape index (κ2) is 3.72. The van der Waals surface area contributed by atoms with Crippen LogP contribution in [0.15, 0.2) is 27.4 Å². The molecule has 0 saturated heterocycles. The molecule has 0 spiro atoms. The van der Waals surface area contributed by atoms with Crippen LogP contribution in [-0.2, 0) is 0 Å². The minimum Gasteiger partial charge on any atom is -0.422 e. The maximum Gasteiger partial charge on any atom is 0.354 e. The first-order valence-corrected chi connectivity index (χ1v) is 4.66. The summed E-state index contributed by atoms with van der Waals surface area (Å²) >= 11 is 0. The summed E-state index contributed by atoms with van der Waals surface area (Å²) in [5.74, 6) is 0. The van der Waals surface area contributed by atoms with Gasteiger partial charge in [0.05, 0.1) is 4.92 Å². The summed E-state index contributed by atoms with van der Waals surface area (Å²) in [5, 5.41) is 19.8. The van der Waals surface area contributed by atoms with Gasteiger partial charge in [0.25, 0.3) is 5.69 Å². The summed E-state index contributed by atoms with van der Waals surface area (Å²) in [7, 11) is 0. The van der Waals surface area contributed by atoms with Crippen molar-refractivity contribution in [3.05, 3.63) is 49.9 Å². The molecule has 0 aliphatic carbocycles. The molecule has 0 aliphatic rings. The summed E-state index contributed by atoms with van der Waals surface area (Å²) < 4.78 is 4.90. The van der Waals surface area contributed by atoms with E-state index in [1.807, 2.05) is 0 Å². The Morgan fingerprint density at radius 1 is 1.47 bits per heavy atom. The van der Waals surface area contributed by atoms with Crippen molar-refractivity contribution in [1.82, 2.24) is 0 Å². The van der Waals surface area contributed by atoms with Crippen molar-refractivity contribution in [2.24, 2.45) is 0 Å². The zero-order chi connectivity index (χ0) is 12.6. The van der Waals surface area contributed by atoms with Gasteiger partial charge in [-0.25, -0.2) is 4.79 Å². The highest BCUT2D eigenvalue weighted by atomic mass is 16.6. The number of hydrogen-bond acceptors (Lipinski definition) is 5. The van der Waals surface area contributed by atoms with Crippen molar-refractivity contribution in [2.45, 2.75) is 6.92 Å². The first-order valence-electron chi connectivity index (χ1n) is 4.66. The molecule has 2 rings (SSSR count). The van der Waals surface area contributed by atoms with E-state index in [1.165, 1.54) is 18.2 Å². The van der Waals surface area contributed by atoms with Gasteiger partial charge < -0.3 is 4.42 Å². The van der Waals surface area contributed by atoms with E-state index in [4.69, 9.17) is 9.68 Å². The van der Waals surface area contributed by atoms with Gasteiger partial charge in [-0.15, -0.1) is 0 Å². The van der Waals surface area contributed by atoms with Crippen molar-refractivity contribution >= 4 is 16.7 Å². The van der Waals surface area contributed by atoms with Crippen molar-refractivity contribution < 1.29 is 9.34 Å². The normalized spacial score (nSPS) is 10.1. The van der Waals surface area contributed by atoms with Gasteiger partial charge in [-0.3, -0.25) is 10.1 Å². The summed E-state index contributed by atoms with van der Waals surface area (Å²) in [6.07, 6.45) is 0. The van der Waals surface area contributed by atoms with Crippen molar-refractivity contribution in [3.8, 4) is 6.07 Å².